The van der Waals surface area contributed by atoms with Crippen LogP contribution in [0.4, 0.5) is 0 Å². The topological polar surface area (TPSA) is 34.9 Å². The summed E-state index contributed by atoms with van der Waals surface area (Å²) in [5, 5.41) is 0. The van der Waals surface area contributed by atoms with Crippen molar-refractivity contribution >= 4 is 6.29 Å². The lowest BCUT2D eigenvalue weighted by atomic mass is 9.96. The van der Waals surface area contributed by atoms with E-state index in [0.717, 1.165) is 18.5 Å². The molecule has 0 radical (unpaired) electrons. The maximum Gasteiger partial charge on any atom is 0.126 e. The van der Waals surface area contributed by atoms with Crippen molar-refractivity contribution in [1.29, 1.82) is 0 Å². The number of aromatic nitrogens is 2. The number of imidazole rings is 1. The number of nitrogens with zero attached hydrogens (tertiary/aromatic N) is 2. The molecule has 0 N–H and O–H groups in total. The summed E-state index contributed by atoms with van der Waals surface area (Å²) in [6, 6.07) is 0. The molecule has 1 aliphatic rings. The summed E-state index contributed by atoms with van der Waals surface area (Å²) in [5.74, 6) is 0.561. The van der Waals surface area contributed by atoms with Crippen LogP contribution >= 0.6 is 0 Å². The van der Waals surface area contributed by atoms with Crippen LogP contribution in [0.2, 0.25) is 0 Å². The van der Waals surface area contributed by atoms with Gasteiger partial charge in [-0.05, 0) is 18.8 Å². The van der Waals surface area contributed by atoms with Crippen LogP contribution in [-0.2, 0) is 17.8 Å². The monoisotopic (exact) mass is 178 g/mol. The highest BCUT2D eigenvalue weighted by Crippen LogP contribution is 2.28. The van der Waals surface area contributed by atoms with Gasteiger partial charge in [-0.3, -0.25) is 0 Å². The summed E-state index contributed by atoms with van der Waals surface area (Å²) in [4.78, 5) is 14.7. The Kier molecular flexibility index (Phi) is 2.17. The minimum Gasteiger partial charge on any atom is -0.334 e. The molecule has 1 aromatic rings. The molecule has 2 rings (SSSR count). The SMILES string of the molecule is CC1CCCn2cnc(CC=O)c21. The molecule has 13 heavy (non-hydrogen) atoms. The summed E-state index contributed by atoms with van der Waals surface area (Å²) < 4.78 is 2.19. The van der Waals surface area contributed by atoms with E-state index in [1.807, 2.05) is 6.33 Å². The van der Waals surface area contributed by atoms with E-state index in [-0.39, 0.29) is 0 Å². The summed E-state index contributed by atoms with van der Waals surface area (Å²) in [6.07, 6.45) is 5.71. The van der Waals surface area contributed by atoms with Crippen molar-refractivity contribution in [2.45, 2.75) is 38.6 Å². The Hall–Kier alpha value is -1.12. The number of aldehydes is 1. The highest BCUT2D eigenvalue weighted by molar-refractivity contribution is 5.54. The second kappa shape index (κ2) is 3.32. The molecular formula is C10H14N2O. The number of carbonyl (C=O) groups is 1. The molecule has 0 spiro atoms. The predicted octanol–water partition coefficient (Wildman–Crippen LogP) is 1.52. The van der Waals surface area contributed by atoms with Gasteiger partial charge in [0.25, 0.3) is 0 Å². The maximum atomic E-state index is 10.4. The molecule has 70 valence electrons. The fourth-order valence-corrected chi connectivity index (χ4v) is 2.12. The third kappa shape index (κ3) is 1.39. The first-order chi connectivity index (χ1) is 6.33. The highest BCUT2D eigenvalue weighted by atomic mass is 16.1. The Balaban J connectivity index is 2.37. The summed E-state index contributed by atoms with van der Waals surface area (Å²) in [6.45, 7) is 3.27. The normalized spacial score (nSPS) is 21.2. The van der Waals surface area contributed by atoms with Crippen LogP contribution in [-0.4, -0.2) is 15.8 Å². The highest BCUT2D eigenvalue weighted by Gasteiger charge is 2.20. The van der Waals surface area contributed by atoms with E-state index in [1.54, 1.807) is 0 Å². The van der Waals surface area contributed by atoms with E-state index in [0.29, 0.717) is 12.3 Å². The largest absolute Gasteiger partial charge is 0.334 e. The van der Waals surface area contributed by atoms with Crippen LogP contribution < -0.4 is 0 Å². The first kappa shape index (κ1) is 8.48. The molecule has 3 nitrogen and oxygen atoms in total. The van der Waals surface area contributed by atoms with Gasteiger partial charge in [-0.1, -0.05) is 6.92 Å². The van der Waals surface area contributed by atoms with Gasteiger partial charge in [-0.2, -0.15) is 0 Å². The molecule has 1 atom stereocenters. The molecular weight excluding hydrogens is 164 g/mol. The molecule has 0 aliphatic carbocycles. The van der Waals surface area contributed by atoms with E-state index in [2.05, 4.69) is 16.5 Å². The van der Waals surface area contributed by atoms with Crippen LogP contribution in [0, 0.1) is 0 Å². The van der Waals surface area contributed by atoms with Gasteiger partial charge < -0.3 is 9.36 Å². The lowest BCUT2D eigenvalue weighted by Gasteiger charge is -2.21. The Morgan fingerprint density at radius 2 is 2.62 bits per heavy atom. The second-order valence-electron chi connectivity index (χ2n) is 3.68. The zero-order chi connectivity index (χ0) is 9.26. The molecule has 0 aromatic carbocycles. The molecule has 1 aromatic heterocycles. The quantitative estimate of drug-likeness (QED) is 0.643. The molecule has 0 amide bonds. The van der Waals surface area contributed by atoms with Crippen LogP contribution in [0.1, 0.15) is 37.1 Å². The third-order valence-corrected chi connectivity index (χ3v) is 2.74. The minimum absolute atomic E-state index is 0.465. The van der Waals surface area contributed by atoms with Gasteiger partial charge in [0.05, 0.1) is 12.0 Å². The average Bonchev–Trinajstić information content (AvgIpc) is 2.51. The van der Waals surface area contributed by atoms with E-state index >= 15 is 0 Å². The lowest BCUT2D eigenvalue weighted by molar-refractivity contribution is -0.107. The number of carbonyl (C=O) groups excluding carboxylic acids is 1. The van der Waals surface area contributed by atoms with Crippen molar-refractivity contribution in [2.24, 2.45) is 0 Å². The number of rotatable bonds is 2. The summed E-state index contributed by atoms with van der Waals surface area (Å²) >= 11 is 0. The number of hydrogen-bond donors (Lipinski definition) is 0. The molecule has 2 heterocycles. The molecule has 0 saturated heterocycles. The Morgan fingerprint density at radius 1 is 1.77 bits per heavy atom. The number of aryl methyl sites for hydroxylation is 1. The van der Waals surface area contributed by atoms with Gasteiger partial charge in [0, 0.05) is 18.7 Å². The minimum atomic E-state index is 0.465. The lowest BCUT2D eigenvalue weighted by Crippen LogP contribution is -2.14. The van der Waals surface area contributed by atoms with Crippen LogP contribution in [0.25, 0.3) is 0 Å². The molecule has 1 aliphatic heterocycles. The van der Waals surface area contributed by atoms with Crippen molar-refractivity contribution in [1.82, 2.24) is 9.55 Å². The first-order valence-electron chi connectivity index (χ1n) is 4.80. The fraction of sp³-hybridized carbons (Fsp3) is 0.600. The van der Waals surface area contributed by atoms with Gasteiger partial charge >= 0.3 is 0 Å². The molecule has 3 heteroatoms. The Morgan fingerprint density at radius 3 is 3.38 bits per heavy atom. The van der Waals surface area contributed by atoms with Crippen LogP contribution in [0.15, 0.2) is 6.33 Å². The number of hydrogen-bond acceptors (Lipinski definition) is 2. The summed E-state index contributed by atoms with van der Waals surface area (Å²) in [7, 11) is 0. The van der Waals surface area contributed by atoms with Gasteiger partial charge in [0.2, 0.25) is 0 Å². The van der Waals surface area contributed by atoms with Crippen molar-refractivity contribution < 1.29 is 4.79 Å². The fourth-order valence-electron chi connectivity index (χ4n) is 2.12. The van der Waals surface area contributed by atoms with Gasteiger partial charge in [-0.25, -0.2) is 4.98 Å². The molecule has 0 saturated carbocycles. The zero-order valence-corrected chi connectivity index (χ0v) is 7.86. The smallest absolute Gasteiger partial charge is 0.126 e. The summed E-state index contributed by atoms with van der Waals surface area (Å²) in [5.41, 5.74) is 2.25. The third-order valence-electron chi connectivity index (χ3n) is 2.74. The average molecular weight is 178 g/mol. The van der Waals surface area contributed by atoms with Crippen LogP contribution in [0.3, 0.4) is 0 Å². The zero-order valence-electron chi connectivity index (χ0n) is 7.86. The van der Waals surface area contributed by atoms with E-state index in [4.69, 9.17) is 0 Å². The van der Waals surface area contributed by atoms with E-state index < -0.39 is 0 Å². The van der Waals surface area contributed by atoms with Crippen LogP contribution in [0.5, 0.6) is 0 Å². The number of fused-ring (bicyclic) bond motifs is 1. The van der Waals surface area contributed by atoms with Crippen molar-refractivity contribution in [2.75, 3.05) is 0 Å². The maximum absolute atomic E-state index is 10.4. The van der Waals surface area contributed by atoms with Gasteiger partial charge in [-0.15, -0.1) is 0 Å². The predicted molar refractivity (Wildman–Crippen MR) is 49.6 cm³/mol. The van der Waals surface area contributed by atoms with Crippen molar-refractivity contribution in [3.05, 3.63) is 17.7 Å². The first-order valence-corrected chi connectivity index (χ1v) is 4.80. The van der Waals surface area contributed by atoms with Crippen molar-refractivity contribution in [3.8, 4) is 0 Å². The molecule has 0 bridgehead atoms. The van der Waals surface area contributed by atoms with Gasteiger partial charge in [0.15, 0.2) is 0 Å². The van der Waals surface area contributed by atoms with E-state index in [9.17, 15) is 4.79 Å². The molecule has 1 unspecified atom stereocenters. The Labute approximate surface area is 77.8 Å². The van der Waals surface area contributed by atoms with E-state index in [1.165, 1.54) is 18.5 Å². The standard InChI is InChI=1S/C10H14N2O/c1-8-3-2-5-12-7-11-9(4-6-13)10(8)12/h6-8H,2-5H2,1H3. The van der Waals surface area contributed by atoms with Crippen molar-refractivity contribution in [3.63, 3.8) is 0 Å². The molecule has 0 fully saturated rings. The second-order valence-corrected chi connectivity index (χ2v) is 3.68. The Bertz CT molecular complexity index is 317. The van der Waals surface area contributed by atoms with Gasteiger partial charge in [0.1, 0.15) is 6.29 Å².